The number of anilines is 1. The molecule has 5 rings (SSSR count). The van der Waals surface area contributed by atoms with Gasteiger partial charge in [-0.3, -0.25) is 27.8 Å². The van der Waals surface area contributed by atoms with Gasteiger partial charge in [-0.15, -0.1) is 0 Å². The summed E-state index contributed by atoms with van der Waals surface area (Å²) >= 11 is 0. The third kappa shape index (κ3) is 8.24. The van der Waals surface area contributed by atoms with Crippen LogP contribution in [0.4, 0.5) is 5.82 Å². The number of hydrogen-bond donors (Lipinski definition) is 10. The predicted octanol–water partition coefficient (Wildman–Crippen LogP) is -4.33. The second-order valence-corrected chi connectivity index (χ2v) is 14.8. The number of carbonyl (C=O) groups excluding carboxylic acids is 1. The van der Waals surface area contributed by atoms with Gasteiger partial charge in [-0.2, -0.15) is 4.31 Å². The number of aliphatic hydroxyl groups is 3. The summed E-state index contributed by atoms with van der Waals surface area (Å²) < 4.78 is 67.3. The molecule has 0 saturated carbocycles. The van der Waals surface area contributed by atoms with Crippen molar-refractivity contribution in [1.29, 1.82) is 0 Å². The van der Waals surface area contributed by atoms with Crippen LogP contribution in [0.1, 0.15) is 6.23 Å². The maximum atomic E-state index is 12.6. The molecule has 2 fully saturated rings. The number of quaternary nitrogens is 1. The average molecular weight is 746 g/mol. The number of carbonyl (C=O) groups is 1. The van der Waals surface area contributed by atoms with Crippen molar-refractivity contribution in [3.8, 4) is 0 Å². The highest BCUT2D eigenvalue weighted by Crippen LogP contribution is 2.61. The molecule has 0 bridgehead atoms. The minimum absolute atomic E-state index is 0.00589. The van der Waals surface area contributed by atoms with Gasteiger partial charge in [0.05, 0.1) is 25.1 Å². The first-order valence-electron chi connectivity index (χ1n) is 13.6. The van der Waals surface area contributed by atoms with Gasteiger partial charge in [-0.1, -0.05) is 0 Å². The molecule has 12 N–H and O–H groups in total. The fraction of sp³-hybridized carbons (Fsp3) is 0.524. The Kier molecular flexibility index (Phi) is 10.7. The number of nitrogen functional groups attached to an aromatic ring is 1. The molecule has 1 amide bonds. The molecule has 27 heteroatoms. The van der Waals surface area contributed by atoms with Crippen LogP contribution in [0.3, 0.4) is 0 Å². The lowest BCUT2D eigenvalue weighted by molar-refractivity contribution is -0.897. The molecule has 5 heterocycles. The summed E-state index contributed by atoms with van der Waals surface area (Å²) in [6.07, 6.45) is -6.29. The molecule has 24 nitrogen and oxygen atoms in total. The first kappa shape index (κ1) is 36.7. The normalized spacial score (nSPS) is 33.4. The van der Waals surface area contributed by atoms with Crippen molar-refractivity contribution in [3.05, 3.63) is 36.6 Å². The van der Waals surface area contributed by atoms with E-state index in [2.05, 4.69) is 19.3 Å². The number of aliphatic hydroxyl groups excluding tert-OH is 3. The molecule has 0 radical (unpaired) electrons. The van der Waals surface area contributed by atoms with E-state index >= 15 is 0 Å². The molecule has 2 aromatic heterocycles. The fourth-order valence-electron chi connectivity index (χ4n) is 5.09. The summed E-state index contributed by atoms with van der Waals surface area (Å²) in [4.78, 5) is 62.6. The quantitative estimate of drug-likeness (QED) is 0.0866. The average Bonchev–Trinajstić information content (AvgIpc) is 3.64. The van der Waals surface area contributed by atoms with Crippen molar-refractivity contribution in [3.63, 3.8) is 0 Å². The summed E-state index contributed by atoms with van der Waals surface area (Å²) in [5, 5.41) is 31.6. The number of fused-ring (bicyclic) bond motifs is 1. The highest BCUT2D eigenvalue weighted by molar-refractivity contribution is 7.61. The maximum Gasteiger partial charge on any atom is 0.481 e. The fourth-order valence-corrected chi connectivity index (χ4v) is 7.73. The van der Waals surface area contributed by atoms with E-state index in [1.54, 1.807) is 6.08 Å². The van der Waals surface area contributed by atoms with Crippen LogP contribution < -0.4 is 16.4 Å². The number of nitrogens with two attached hydrogens (primary N) is 2. The van der Waals surface area contributed by atoms with Crippen LogP contribution >= 0.6 is 23.5 Å². The predicted molar refractivity (Wildman–Crippen MR) is 152 cm³/mol. The summed E-state index contributed by atoms with van der Waals surface area (Å²) in [6.45, 7) is -1.78. The third-order valence-corrected chi connectivity index (χ3v) is 10.4. The van der Waals surface area contributed by atoms with Crippen LogP contribution in [-0.4, -0.2) is 123 Å². The van der Waals surface area contributed by atoms with E-state index in [0.29, 0.717) is 4.90 Å². The van der Waals surface area contributed by atoms with Gasteiger partial charge < -0.3 is 55.8 Å². The number of imidazole rings is 1. The topological polar surface area (TPSA) is 365 Å². The van der Waals surface area contributed by atoms with Crippen LogP contribution in [0.25, 0.3) is 11.2 Å². The highest BCUT2D eigenvalue weighted by atomic mass is 31.3. The van der Waals surface area contributed by atoms with Crippen molar-refractivity contribution in [2.24, 2.45) is 5.73 Å². The monoisotopic (exact) mass is 746 g/mol. The Morgan fingerprint density at radius 2 is 1.62 bits per heavy atom. The standard InChI is InChI=1S/C21H30N7O17P3/c22-17-12-19(25-7-24-17)28(8-26-12)21-16(44-46(33,34)35)14(30)11(43-21)6-41-48(38,39)45-47(36,37)40-5-10-13(29)15(31)20(42-10)27-3-1-2-9(4-27)18(23)32/h1-2,4,7-8,10-11,13-16,20-21,29-31H,3,5-6H2,(H2,23,32)(H,36,37)(H,38,39)(H2,22,24,25)(H2,33,34,35)/p+1. The lowest BCUT2D eigenvalue weighted by atomic mass is 10.1. The van der Waals surface area contributed by atoms with Gasteiger partial charge in [0.2, 0.25) is 6.23 Å². The van der Waals surface area contributed by atoms with E-state index in [4.69, 9.17) is 34.5 Å². The van der Waals surface area contributed by atoms with Gasteiger partial charge in [0.1, 0.15) is 55.1 Å². The zero-order valence-electron chi connectivity index (χ0n) is 24.1. The molecular weight excluding hydrogens is 715 g/mol. The molecule has 11 unspecified atom stereocenters. The zero-order chi connectivity index (χ0) is 35.2. The van der Waals surface area contributed by atoms with Gasteiger partial charge in [0.15, 0.2) is 23.8 Å². The first-order chi connectivity index (χ1) is 22.4. The molecule has 0 aromatic carbocycles. The number of nitrogens with zero attached hydrogens (tertiary/aromatic N) is 4. The van der Waals surface area contributed by atoms with Crippen molar-refractivity contribution in [2.75, 3.05) is 25.5 Å². The van der Waals surface area contributed by atoms with E-state index in [1.165, 1.54) is 12.3 Å². The number of nitrogens with one attached hydrogen (secondary N) is 1. The Labute approximate surface area is 268 Å². The number of primary amides is 1. The molecule has 0 spiro atoms. The van der Waals surface area contributed by atoms with Gasteiger partial charge >= 0.3 is 23.5 Å². The Morgan fingerprint density at radius 3 is 2.25 bits per heavy atom. The Morgan fingerprint density at radius 1 is 0.979 bits per heavy atom. The number of phosphoric acid groups is 3. The van der Waals surface area contributed by atoms with Crippen molar-refractivity contribution in [2.45, 2.75) is 49.1 Å². The largest absolute Gasteiger partial charge is 0.481 e. The summed E-state index contributed by atoms with van der Waals surface area (Å²) in [5.74, 6) is -0.805. The number of ether oxygens (including phenoxy) is 2. The molecule has 11 atom stereocenters. The molecule has 0 aliphatic carbocycles. The van der Waals surface area contributed by atoms with Gasteiger partial charge in [-0.25, -0.2) is 28.6 Å². The van der Waals surface area contributed by atoms with Gasteiger partial charge in [0.25, 0.3) is 5.91 Å². The van der Waals surface area contributed by atoms with Crippen LogP contribution in [0.2, 0.25) is 0 Å². The zero-order valence-corrected chi connectivity index (χ0v) is 26.8. The second-order valence-electron chi connectivity index (χ2n) is 10.5. The van der Waals surface area contributed by atoms with Crippen LogP contribution in [0.15, 0.2) is 36.6 Å². The van der Waals surface area contributed by atoms with Crippen molar-refractivity contribution < 1.29 is 85.6 Å². The maximum absolute atomic E-state index is 12.6. The number of hydrogen-bond acceptors (Lipinski definition) is 17. The summed E-state index contributed by atoms with van der Waals surface area (Å²) in [5.41, 5.74) is 11.2. The SMILES string of the molecule is NC(=O)C1=C[NH+](C2OC(COP(=O)(O)OP(=O)(O)OCC3OC(n4cnc5c(N)ncnc54)C(OP(=O)(O)O)C3O)C(O)C2O)CC=C1. The number of phosphoric ester groups is 3. The number of aromatic nitrogens is 4. The van der Waals surface area contributed by atoms with Crippen LogP contribution in [-0.2, 0) is 45.8 Å². The molecule has 2 aromatic rings. The smallest absolute Gasteiger partial charge is 0.387 e. The van der Waals surface area contributed by atoms with E-state index in [1.807, 2.05) is 0 Å². The summed E-state index contributed by atoms with van der Waals surface area (Å²) in [7, 11) is -16.2. The Hall–Kier alpha value is -2.57. The lowest BCUT2D eigenvalue weighted by Gasteiger charge is -2.25. The number of rotatable bonds is 13. The minimum Gasteiger partial charge on any atom is -0.387 e. The molecule has 3 aliphatic rings. The van der Waals surface area contributed by atoms with Gasteiger partial charge in [-0.05, 0) is 12.2 Å². The lowest BCUT2D eigenvalue weighted by Crippen LogP contribution is -3.13. The molecule has 2 saturated heterocycles. The highest BCUT2D eigenvalue weighted by Gasteiger charge is 2.51. The van der Waals surface area contributed by atoms with E-state index < -0.39 is 91.7 Å². The van der Waals surface area contributed by atoms with E-state index in [-0.39, 0.29) is 29.1 Å². The van der Waals surface area contributed by atoms with E-state index in [0.717, 1.165) is 17.2 Å². The second kappa shape index (κ2) is 14.0. The van der Waals surface area contributed by atoms with Crippen molar-refractivity contribution in [1.82, 2.24) is 19.5 Å². The van der Waals surface area contributed by atoms with Crippen LogP contribution in [0.5, 0.6) is 0 Å². The molecule has 48 heavy (non-hydrogen) atoms. The Bertz CT molecular complexity index is 1740. The third-order valence-electron chi connectivity index (χ3n) is 7.25. The molecular formula is C21H31N7O17P3+. The molecule has 3 aliphatic heterocycles. The van der Waals surface area contributed by atoms with Crippen LogP contribution in [0, 0.1) is 0 Å². The van der Waals surface area contributed by atoms with Gasteiger partial charge in [0, 0.05) is 0 Å². The summed E-state index contributed by atoms with van der Waals surface area (Å²) in [6, 6.07) is 0. The Balaban J connectivity index is 1.20. The van der Waals surface area contributed by atoms with E-state index in [9.17, 15) is 53.4 Å². The minimum atomic E-state index is -5.51. The molecule has 266 valence electrons. The first-order valence-corrected chi connectivity index (χ1v) is 18.1. The van der Waals surface area contributed by atoms with Crippen molar-refractivity contribution >= 4 is 46.4 Å². The number of amides is 1.